The SMILES string of the molecule is O=C(NCC(O)c1cccs1)OCC1c2ccccc2-c2ccccc21. The number of hydrogen-bond donors (Lipinski definition) is 2. The van der Waals surface area contributed by atoms with Gasteiger partial charge in [0.1, 0.15) is 12.7 Å². The standard InChI is InChI=1S/C21H19NO3S/c23-19(20-10-5-11-26-20)12-22-21(24)25-13-18-16-8-3-1-6-14(16)15-7-2-4-9-17(15)18/h1-11,18-19,23H,12-13H2,(H,22,24). The summed E-state index contributed by atoms with van der Waals surface area (Å²) in [5.41, 5.74) is 4.76. The summed E-state index contributed by atoms with van der Waals surface area (Å²) in [6.07, 6.45) is -1.22. The second-order valence-corrected chi connectivity index (χ2v) is 7.22. The van der Waals surface area contributed by atoms with Gasteiger partial charge in [0, 0.05) is 10.8 Å². The topological polar surface area (TPSA) is 58.6 Å². The average Bonchev–Trinajstić information content (AvgIpc) is 3.31. The third-order valence-corrected chi connectivity index (χ3v) is 5.63. The molecule has 1 aromatic heterocycles. The number of fused-ring (bicyclic) bond motifs is 3. The van der Waals surface area contributed by atoms with Crippen molar-refractivity contribution >= 4 is 17.4 Å². The third kappa shape index (κ3) is 3.23. The first kappa shape index (κ1) is 16.8. The predicted molar refractivity (Wildman–Crippen MR) is 102 cm³/mol. The van der Waals surface area contributed by atoms with Gasteiger partial charge in [-0.05, 0) is 33.7 Å². The molecule has 2 aromatic carbocycles. The van der Waals surface area contributed by atoms with Crippen molar-refractivity contribution in [2.75, 3.05) is 13.2 Å². The molecule has 0 saturated heterocycles. The van der Waals surface area contributed by atoms with Gasteiger partial charge < -0.3 is 15.2 Å². The van der Waals surface area contributed by atoms with Crippen LogP contribution in [-0.2, 0) is 4.74 Å². The molecule has 132 valence electrons. The molecule has 0 radical (unpaired) electrons. The molecule has 4 rings (SSSR count). The average molecular weight is 365 g/mol. The summed E-state index contributed by atoms with van der Waals surface area (Å²) >= 11 is 1.46. The quantitative estimate of drug-likeness (QED) is 0.708. The number of aliphatic hydroxyl groups excluding tert-OH is 1. The highest BCUT2D eigenvalue weighted by Gasteiger charge is 2.29. The molecule has 4 nitrogen and oxygen atoms in total. The Balaban J connectivity index is 1.39. The Hall–Kier alpha value is -2.63. The lowest BCUT2D eigenvalue weighted by Crippen LogP contribution is -2.29. The van der Waals surface area contributed by atoms with Crippen molar-refractivity contribution in [3.8, 4) is 11.1 Å². The lowest BCUT2D eigenvalue weighted by atomic mass is 9.98. The molecule has 0 saturated carbocycles. The fraction of sp³-hybridized carbons (Fsp3) is 0.190. The Morgan fingerprint density at radius 1 is 1.04 bits per heavy atom. The molecule has 26 heavy (non-hydrogen) atoms. The normalized spacial score (nSPS) is 13.7. The fourth-order valence-corrected chi connectivity index (χ4v) is 4.12. The first-order chi connectivity index (χ1) is 12.7. The fourth-order valence-electron chi connectivity index (χ4n) is 3.41. The molecule has 1 aliphatic rings. The van der Waals surface area contributed by atoms with Crippen LogP contribution in [0.2, 0.25) is 0 Å². The molecule has 1 atom stereocenters. The van der Waals surface area contributed by atoms with E-state index in [1.807, 2.05) is 41.8 Å². The Labute approximate surface area is 156 Å². The monoisotopic (exact) mass is 365 g/mol. The van der Waals surface area contributed by atoms with Crippen LogP contribution in [0.4, 0.5) is 4.79 Å². The van der Waals surface area contributed by atoms with E-state index in [0.29, 0.717) is 0 Å². The molecule has 0 bridgehead atoms. The summed E-state index contributed by atoms with van der Waals surface area (Å²) in [6, 6.07) is 20.2. The smallest absolute Gasteiger partial charge is 0.407 e. The molecule has 1 unspecified atom stereocenters. The number of carbonyl (C=O) groups is 1. The Kier molecular flexibility index (Phi) is 4.73. The number of thiophene rings is 1. The van der Waals surface area contributed by atoms with Crippen LogP contribution in [-0.4, -0.2) is 24.4 Å². The first-order valence-electron chi connectivity index (χ1n) is 8.54. The molecular formula is C21H19NO3S. The van der Waals surface area contributed by atoms with Gasteiger partial charge in [0.2, 0.25) is 0 Å². The van der Waals surface area contributed by atoms with E-state index in [0.717, 1.165) is 4.88 Å². The highest BCUT2D eigenvalue weighted by Crippen LogP contribution is 2.44. The van der Waals surface area contributed by atoms with Crippen LogP contribution in [0.25, 0.3) is 11.1 Å². The van der Waals surface area contributed by atoms with Gasteiger partial charge in [-0.25, -0.2) is 4.79 Å². The van der Waals surface area contributed by atoms with E-state index >= 15 is 0 Å². The van der Waals surface area contributed by atoms with Crippen LogP contribution in [0.3, 0.4) is 0 Å². The van der Waals surface area contributed by atoms with Gasteiger partial charge in [0.05, 0.1) is 6.54 Å². The second-order valence-electron chi connectivity index (χ2n) is 6.24. The zero-order valence-electron chi connectivity index (χ0n) is 14.1. The number of aliphatic hydroxyl groups is 1. The van der Waals surface area contributed by atoms with E-state index in [-0.39, 0.29) is 19.1 Å². The highest BCUT2D eigenvalue weighted by molar-refractivity contribution is 7.10. The number of hydrogen-bond acceptors (Lipinski definition) is 4. The van der Waals surface area contributed by atoms with Gasteiger partial charge in [-0.15, -0.1) is 11.3 Å². The highest BCUT2D eigenvalue weighted by atomic mass is 32.1. The number of rotatable bonds is 5. The minimum absolute atomic E-state index is 0.0374. The number of carbonyl (C=O) groups excluding carboxylic acids is 1. The van der Waals surface area contributed by atoms with Crippen molar-refractivity contribution < 1.29 is 14.6 Å². The van der Waals surface area contributed by atoms with Crippen molar-refractivity contribution in [1.29, 1.82) is 0 Å². The van der Waals surface area contributed by atoms with E-state index < -0.39 is 12.2 Å². The minimum Gasteiger partial charge on any atom is -0.449 e. The minimum atomic E-state index is -0.713. The molecule has 1 aliphatic carbocycles. The summed E-state index contributed by atoms with van der Waals surface area (Å²) < 4.78 is 5.45. The number of benzene rings is 2. The molecule has 0 fully saturated rings. The number of nitrogens with one attached hydrogen (secondary N) is 1. The van der Waals surface area contributed by atoms with E-state index in [2.05, 4.69) is 29.6 Å². The predicted octanol–water partition coefficient (Wildman–Crippen LogP) is 4.32. The number of ether oxygens (including phenoxy) is 1. The number of amides is 1. The number of alkyl carbamates (subject to hydrolysis) is 1. The summed E-state index contributed by atoms with van der Waals surface area (Å²) in [7, 11) is 0. The molecule has 1 heterocycles. The maximum atomic E-state index is 12.1. The van der Waals surface area contributed by atoms with E-state index in [4.69, 9.17) is 4.74 Å². The van der Waals surface area contributed by atoms with Crippen LogP contribution in [0.1, 0.15) is 28.0 Å². The molecule has 5 heteroatoms. The van der Waals surface area contributed by atoms with E-state index in [9.17, 15) is 9.90 Å². The summed E-state index contributed by atoms with van der Waals surface area (Å²) in [5.74, 6) is 0.0374. The molecule has 0 spiro atoms. The Bertz CT molecular complexity index is 862. The zero-order chi connectivity index (χ0) is 17.9. The van der Waals surface area contributed by atoms with Crippen molar-refractivity contribution in [2.24, 2.45) is 0 Å². The Morgan fingerprint density at radius 2 is 1.69 bits per heavy atom. The maximum Gasteiger partial charge on any atom is 0.407 e. The van der Waals surface area contributed by atoms with E-state index in [1.54, 1.807) is 0 Å². The van der Waals surface area contributed by atoms with Gasteiger partial charge in [0.15, 0.2) is 0 Å². The van der Waals surface area contributed by atoms with Gasteiger partial charge in [-0.1, -0.05) is 54.6 Å². The lowest BCUT2D eigenvalue weighted by Gasteiger charge is -2.15. The third-order valence-electron chi connectivity index (χ3n) is 4.66. The van der Waals surface area contributed by atoms with Gasteiger partial charge in [-0.3, -0.25) is 0 Å². The first-order valence-corrected chi connectivity index (χ1v) is 9.42. The van der Waals surface area contributed by atoms with Crippen molar-refractivity contribution in [2.45, 2.75) is 12.0 Å². The molecule has 0 aliphatic heterocycles. The summed E-state index contributed by atoms with van der Waals surface area (Å²) in [4.78, 5) is 12.9. The Morgan fingerprint density at radius 3 is 2.31 bits per heavy atom. The van der Waals surface area contributed by atoms with Crippen LogP contribution < -0.4 is 5.32 Å². The van der Waals surface area contributed by atoms with Gasteiger partial charge in [-0.2, -0.15) is 0 Å². The molecule has 3 aromatic rings. The zero-order valence-corrected chi connectivity index (χ0v) is 14.9. The second kappa shape index (κ2) is 7.32. The van der Waals surface area contributed by atoms with Crippen molar-refractivity contribution in [3.63, 3.8) is 0 Å². The van der Waals surface area contributed by atoms with Crippen LogP contribution in [0, 0.1) is 0 Å². The summed E-state index contributed by atoms with van der Waals surface area (Å²) in [5, 5.41) is 14.6. The van der Waals surface area contributed by atoms with Gasteiger partial charge in [0.25, 0.3) is 0 Å². The molecule has 2 N–H and O–H groups in total. The van der Waals surface area contributed by atoms with Crippen molar-refractivity contribution in [3.05, 3.63) is 82.0 Å². The summed E-state index contributed by atoms with van der Waals surface area (Å²) in [6.45, 7) is 0.409. The molecule has 1 amide bonds. The maximum absolute atomic E-state index is 12.1. The van der Waals surface area contributed by atoms with Crippen LogP contribution in [0.5, 0.6) is 0 Å². The van der Waals surface area contributed by atoms with Crippen LogP contribution >= 0.6 is 11.3 Å². The van der Waals surface area contributed by atoms with E-state index in [1.165, 1.54) is 33.6 Å². The lowest BCUT2D eigenvalue weighted by molar-refractivity contribution is 0.129. The molecular weight excluding hydrogens is 346 g/mol. The van der Waals surface area contributed by atoms with Crippen molar-refractivity contribution in [1.82, 2.24) is 5.32 Å². The van der Waals surface area contributed by atoms with Crippen LogP contribution in [0.15, 0.2) is 66.0 Å². The largest absolute Gasteiger partial charge is 0.449 e. The van der Waals surface area contributed by atoms with Gasteiger partial charge >= 0.3 is 6.09 Å².